The van der Waals surface area contributed by atoms with Crippen molar-refractivity contribution >= 4 is 11.7 Å². The maximum absolute atomic E-state index is 11.0. The number of amides is 1. The third kappa shape index (κ3) is 2.54. The molecule has 0 bridgehead atoms. The lowest BCUT2D eigenvalue weighted by Crippen LogP contribution is -2.47. The first-order valence-electron chi connectivity index (χ1n) is 5.59. The van der Waals surface area contributed by atoms with E-state index in [0.29, 0.717) is 23.1 Å². The van der Waals surface area contributed by atoms with Crippen molar-refractivity contribution in [3.05, 3.63) is 17.7 Å². The van der Waals surface area contributed by atoms with E-state index < -0.39 is 0 Å². The number of carbonyl (C=O) groups excluding carboxylic acids is 1. The molecule has 0 fully saturated rings. The standard InChI is InChI=1S/C12H15N3O4/c1-17-8-4-7(5-9(18-2)11(8)19-3)12-13-6-10(16)14-15-12/h4-5H,6H2,1-3H3,(H,13,15)(H,14,16). The van der Waals surface area contributed by atoms with Gasteiger partial charge >= 0.3 is 0 Å². The number of hydrazine groups is 1. The fourth-order valence-corrected chi connectivity index (χ4v) is 1.74. The number of aliphatic imine (C=N–C) groups is 1. The van der Waals surface area contributed by atoms with Gasteiger partial charge in [0.1, 0.15) is 12.4 Å². The van der Waals surface area contributed by atoms with Crippen LogP contribution in [-0.4, -0.2) is 39.6 Å². The summed E-state index contributed by atoms with van der Waals surface area (Å²) in [6.07, 6.45) is 0. The lowest BCUT2D eigenvalue weighted by atomic mass is 10.1. The van der Waals surface area contributed by atoms with E-state index in [2.05, 4.69) is 15.8 Å². The number of amidine groups is 1. The molecule has 1 aliphatic rings. The minimum absolute atomic E-state index is 0.0823. The molecular formula is C12H15N3O4. The highest BCUT2D eigenvalue weighted by Crippen LogP contribution is 2.38. The van der Waals surface area contributed by atoms with Crippen molar-refractivity contribution in [1.29, 1.82) is 0 Å². The zero-order chi connectivity index (χ0) is 13.8. The van der Waals surface area contributed by atoms with E-state index in [1.807, 2.05) is 0 Å². The molecule has 1 heterocycles. The molecule has 0 radical (unpaired) electrons. The van der Waals surface area contributed by atoms with Crippen LogP contribution in [0.15, 0.2) is 17.1 Å². The number of benzene rings is 1. The van der Waals surface area contributed by atoms with Crippen LogP contribution in [0.4, 0.5) is 0 Å². The Balaban J connectivity index is 2.44. The van der Waals surface area contributed by atoms with E-state index in [1.54, 1.807) is 26.4 Å². The topological polar surface area (TPSA) is 81.2 Å². The van der Waals surface area contributed by atoms with Crippen LogP contribution in [0, 0.1) is 0 Å². The van der Waals surface area contributed by atoms with E-state index in [-0.39, 0.29) is 12.5 Å². The summed E-state index contributed by atoms with van der Waals surface area (Å²) in [7, 11) is 4.62. The molecule has 1 aliphatic heterocycles. The number of hydrogen-bond acceptors (Lipinski definition) is 6. The van der Waals surface area contributed by atoms with Crippen LogP contribution in [0.1, 0.15) is 5.56 Å². The highest BCUT2D eigenvalue weighted by molar-refractivity contribution is 6.03. The average molecular weight is 265 g/mol. The molecule has 1 amide bonds. The Morgan fingerprint density at radius 2 is 1.68 bits per heavy atom. The molecule has 2 N–H and O–H groups in total. The third-order valence-electron chi connectivity index (χ3n) is 2.64. The van der Waals surface area contributed by atoms with Crippen LogP contribution in [-0.2, 0) is 4.79 Å². The van der Waals surface area contributed by atoms with Crippen molar-refractivity contribution in [2.24, 2.45) is 4.99 Å². The van der Waals surface area contributed by atoms with E-state index in [9.17, 15) is 4.79 Å². The van der Waals surface area contributed by atoms with Gasteiger partial charge in [0.2, 0.25) is 5.75 Å². The van der Waals surface area contributed by atoms with E-state index in [0.717, 1.165) is 5.56 Å². The molecule has 7 nitrogen and oxygen atoms in total. The second-order valence-electron chi connectivity index (χ2n) is 3.75. The molecule has 0 unspecified atom stereocenters. The fraction of sp³-hybridized carbons (Fsp3) is 0.333. The molecule has 2 rings (SSSR count). The smallest absolute Gasteiger partial charge is 0.260 e. The van der Waals surface area contributed by atoms with Crippen molar-refractivity contribution < 1.29 is 19.0 Å². The monoisotopic (exact) mass is 265 g/mol. The van der Waals surface area contributed by atoms with Gasteiger partial charge in [0.25, 0.3) is 5.91 Å². The highest BCUT2D eigenvalue weighted by atomic mass is 16.5. The SMILES string of the molecule is COc1cc(C2=NCC(=O)NN2)cc(OC)c1OC. The molecular weight excluding hydrogens is 250 g/mol. The second-order valence-corrected chi connectivity index (χ2v) is 3.75. The molecule has 19 heavy (non-hydrogen) atoms. The Bertz CT molecular complexity index is 503. The first-order valence-corrected chi connectivity index (χ1v) is 5.59. The predicted molar refractivity (Wildman–Crippen MR) is 68.8 cm³/mol. The summed E-state index contributed by atoms with van der Waals surface area (Å²) in [6.45, 7) is 0.0823. The van der Waals surface area contributed by atoms with E-state index in [4.69, 9.17) is 14.2 Å². The maximum Gasteiger partial charge on any atom is 0.260 e. The third-order valence-corrected chi connectivity index (χ3v) is 2.64. The largest absolute Gasteiger partial charge is 0.493 e. The van der Waals surface area contributed by atoms with Crippen LogP contribution in [0.25, 0.3) is 0 Å². The van der Waals surface area contributed by atoms with Gasteiger partial charge in [0, 0.05) is 5.56 Å². The summed E-state index contributed by atoms with van der Waals surface area (Å²) < 4.78 is 15.8. The van der Waals surface area contributed by atoms with Gasteiger partial charge in [-0.15, -0.1) is 0 Å². The Kier molecular flexibility index (Phi) is 3.74. The van der Waals surface area contributed by atoms with E-state index >= 15 is 0 Å². The summed E-state index contributed by atoms with van der Waals surface area (Å²) in [5.41, 5.74) is 5.96. The van der Waals surface area contributed by atoms with Gasteiger partial charge in [-0.05, 0) is 12.1 Å². The molecule has 0 saturated heterocycles. The highest BCUT2D eigenvalue weighted by Gasteiger charge is 2.18. The zero-order valence-corrected chi connectivity index (χ0v) is 10.9. The first-order chi connectivity index (χ1) is 9.19. The molecule has 0 aliphatic carbocycles. The van der Waals surface area contributed by atoms with Crippen molar-refractivity contribution in [2.75, 3.05) is 27.9 Å². The molecule has 0 spiro atoms. The number of methoxy groups -OCH3 is 3. The van der Waals surface area contributed by atoms with Crippen LogP contribution in [0.2, 0.25) is 0 Å². The normalized spacial score (nSPS) is 14.1. The predicted octanol–water partition coefficient (Wildman–Crippen LogP) is 0.0934. The first kappa shape index (κ1) is 13.0. The maximum atomic E-state index is 11.0. The lowest BCUT2D eigenvalue weighted by Gasteiger charge is -2.18. The molecule has 0 atom stereocenters. The van der Waals surface area contributed by atoms with Crippen molar-refractivity contribution in [2.45, 2.75) is 0 Å². The number of nitrogens with zero attached hydrogens (tertiary/aromatic N) is 1. The second kappa shape index (κ2) is 5.47. The molecule has 1 aromatic rings. The van der Waals surface area contributed by atoms with Crippen molar-refractivity contribution in [3.63, 3.8) is 0 Å². The number of nitrogens with one attached hydrogen (secondary N) is 2. The minimum Gasteiger partial charge on any atom is -0.493 e. The summed E-state index contributed by atoms with van der Waals surface area (Å²) in [5.74, 6) is 1.92. The molecule has 1 aromatic carbocycles. The van der Waals surface area contributed by atoms with Crippen LogP contribution >= 0.6 is 0 Å². The van der Waals surface area contributed by atoms with Crippen LogP contribution in [0.3, 0.4) is 0 Å². The molecule has 0 aromatic heterocycles. The Morgan fingerprint density at radius 3 is 2.11 bits per heavy atom. The number of rotatable bonds is 4. The summed E-state index contributed by atoms with van der Waals surface area (Å²) >= 11 is 0. The zero-order valence-electron chi connectivity index (χ0n) is 10.9. The number of hydrogen-bond donors (Lipinski definition) is 2. The minimum atomic E-state index is -0.184. The van der Waals surface area contributed by atoms with E-state index in [1.165, 1.54) is 7.11 Å². The van der Waals surface area contributed by atoms with Crippen molar-refractivity contribution in [1.82, 2.24) is 10.9 Å². The lowest BCUT2D eigenvalue weighted by molar-refractivity contribution is -0.120. The van der Waals surface area contributed by atoms with Gasteiger partial charge in [0.05, 0.1) is 21.3 Å². The molecule has 0 saturated carbocycles. The van der Waals surface area contributed by atoms with Gasteiger partial charge in [0.15, 0.2) is 11.5 Å². The summed E-state index contributed by atoms with van der Waals surface area (Å²) in [5, 5.41) is 0. The number of ether oxygens (including phenoxy) is 3. The fourth-order valence-electron chi connectivity index (χ4n) is 1.74. The van der Waals surface area contributed by atoms with Crippen LogP contribution in [0.5, 0.6) is 17.2 Å². The number of carbonyl (C=O) groups is 1. The van der Waals surface area contributed by atoms with Gasteiger partial charge < -0.3 is 14.2 Å². The summed E-state index contributed by atoms with van der Waals surface area (Å²) in [6, 6.07) is 3.51. The Labute approximate surface area is 110 Å². The van der Waals surface area contributed by atoms with Gasteiger partial charge in [-0.2, -0.15) is 0 Å². The summed E-state index contributed by atoms with van der Waals surface area (Å²) in [4.78, 5) is 15.2. The van der Waals surface area contributed by atoms with Crippen LogP contribution < -0.4 is 25.1 Å². The molecule has 7 heteroatoms. The Hall–Kier alpha value is -2.44. The van der Waals surface area contributed by atoms with Gasteiger partial charge in [-0.3, -0.25) is 20.6 Å². The quantitative estimate of drug-likeness (QED) is 0.806. The molecule has 102 valence electrons. The van der Waals surface area contributed by atoms with Crippen molar-refractivity contribution in [3.8, 4) is 17.2 Å². The Morgan fingerprint density at radius 1 is 1.05 bits per heavy atom. The van der Waals surface area contributed by atoms with Gasteiger partial charge in [-0.25, -0.2) is 0 Å². The average Bonchev–Trinajstić information content (AvgIpc) is 2.46. The van der Waals surface area contributed by atoms with Gasteiger partial charge in [-0.1, -0.05) is 0 Å².